The van der Waals surface area contributed by atoms with Gasteiger partial charge >= 0.3 is 0 Å². The van der Waals surface area contributed by atoms with Crippen LogP contribution in [-0.2, 0) is 13.5 Å². The van der Waals surface area contributed by atoms with Gasteiger partial charge in [0.2, 0.25) is 0 Å². The summed E-state index contributed by atoms with van der Waals surface area (Å²) in [7, 11) is 1.83. The Kier molecular flexibility index (Phi) is 4.39. The van der Waals surface area contributed by atoms with E-state index in [2.05, 4.69) is 4.98 Å². The Labute approximate surface area is 133 Å². The Morgan fingerprint density at radius 3 is 2.74 bits per heavy atom. The van der Waals surface area contributed by atoms with Crippen LogP contribution in [0.3, 0.4) is 0 Å². The third-order valence-corrected chi connectivity index (χ3v) is 3.54. The molecule has 0 aliphatic rings. The van der Waals surface area contributed by atoms with Crippen LogP contribution in [0.25, 0.3) is 6.08 Å². The second-order valence-electron chi connectivity index (χ2n) is 5.31. The van der Waals surface area contributed by atoms with Gasteiger partial charge in [-0.2, -0.15) is 0 Å². The van der Waals surface area contributed by atoms with E-state index in [1.807, 2.05) is 19.2 Å². The van der Waals surface area contributed by atoms with Crippen LogP contribution in [0.1, 0.15) is 29.0 Å². The average Bonchev–Trinajstić information content (AvgIpc) is 3.16. The Hall–Kier alpha value is -2.66. The average molecular weight is 312 g/mol. The number of halogens is 1. The minimum atomic E-state index is -0.791. The fourth-order valence-electron chi connectivity index (χ4n) is 2.32. The monoisotopic (exact) mass is 312 g/mol. The highest BCUT2D eigenvalue weighted by molar-refractivity contribution is 5.44. The number of hydrogen-bond donors (Lipinski definition) is 1. The first-order valence-corrected chi connectivity index (χ1v) is 7.28. The summed E-state index contributed by atoms with van der Waals surface area (Å²) in [5, 5.41) is 10.1. The predicted molar refractivity (Wildman–Crippen MR) is 85.1 cm³/mol. The lowest BCUT2D eigenvalue weighted by Crippen LogP contribution is -2.02. The van der Waals surface area contributed by atoms with Gasteiger partial charge in [0.1, 0.15) is 29.3 Å². The number of rotatable bonds is 5. The molecule has 23 heavy (non-hydrogen) atoms. The number of hydrogen-bond acceptors (Lipinski definition) is 3. The molecule has 1 aromatic carbocycles. The molecule has 0 saturated heterocycles. The topological polar surface area (TPSA) is 51.2 Å². The first kappa shape index (κ1) is 15.2. The van der Waals surface area contributed by atoms with E-state index in [1.54, 1.807) is 41.2 Å². The first-order chi connectivity index (χ1) is 11.1. The molecule has 3 aromatic rings. The van der Waals surface area contributed by atoms with Crippen LogP contribution in [-0.4, -0.2) is 14.7 Å². The number of aryl methyl sites for hydroxylation is 1. The molecule has 0 saturated carbocycles. The van der Waals surface area contributed by atoms with Gasteiger partial charge in [0, 0.05) is 25.9 Å². The SMILES string of the molecule is Cn1ccnc1C(O)C=Cc1ccc(Cc2ccc(F)cc2)o1. The molecule has 1 N–H and O–H groups in total. The number of aliphatic hydroxyl groups is 1. The fraction of sp³-hybridized carbons (Fsp3) is 0.167. The maximum atomic E-state index is 12.9. The van der Waals surface area contributed by atoms with Crippen molar-refractivity contribution in [3.05, 3.63) is 83.6 Å². The van der Waals surface area contributed by atoms with Crippen LogP contribution in [0.2, 0.25) is 0 Å². The number of nitrogens with zero attached hydrogens (tertiary/aromatic N) is 2. The van der Waals surface area contributed by atoms with E-state index in [9.17, 15) is 9.50 Å². The Balaban J connectivity index is 1.66. The predicted octanol–water partition coefficient (Wildman–Crippen LogP) is 3.49. The zero-order valence-electron chi connectivity index (χ0n) is 12.7. The summed E-state index contributed by atoms with van der Waals surface area (Å²) >= 11 is 0. The lowest BCUT2D eigenvalue weighted by molar-refractivity contribution is 0.215. The molecule has 0 spiro atoms. The highest BCUT2D eigenvalue weighted by Crippen LogP contribution is 2.17. The van der Waals surface area contributed by atoms with Crippen molar-refractivity contribution in [1.82, 2.24) is 9.55 Å². The van der Waals surface area contributed by atoms with Gasteiger partial charge in [-0.25, -0.2) is 9.37 Å². The summed E-state index contributed by atoms with van der Waals surface area (Å²) < 4.78 is 20.3. The molecule has 0 amide bonds. The molecule has 2 heterocycles. The molecule has 4 nitrogen and oxygen atoms in total. The Morgan fingerprint density at radius 1 is 1.26 bits per heavy atom. The van der Waals surface area contributed by atoms with E-state index in [0.29, 0.717) is 18.0 Å². The molecule has 0 aliphatic heterocycles. The summed E-state index contributed by atoms with van der Waals surface area (Å²) in [5.74, 6) is 1.75. The molecular formula is C18H17FN2O2. The number of aromatic nitrogens is 2. The van der Waals surface area contributed by atoms with Crippen molar-refractivity contribution in [2.45, 2.75) is 12.5 Å². The molecular weight excluding hydrogens is 295 g/mol. The lowest BCUT2D eigenvalue weighted by atomic mass is 10.1. The molecule has 1 atom stereocenters. The minimum absolute atomic E-state index is 0.250. The smallest absolute Gasteiger partial charge is 0.141 e. The highest BCUT2D eigenvalue weighted by atomic mass is 19.1. The molecule has 3 rings (SSSR count). The van der Waals surface area contributed by atoms with Crippen molar-refractivity contribution in [2.75, 3.05) is 0 Å². The van der Waals surface area contributed by atoms with Crippen LogP contribution in [0.15, 0.2) is 59.3 Å². The molecule has 0 aliphatic carbocycles. The van der Waals surface area contributed by atoms with Gasteiger partial charge in [-0.05, 0) is 42.0 Å². The van der Waals surface area contributed by atoms with Crippen molar-refractivity contribution in [3.8, 4) is 0 Å². The van der Waals surface area contributed by atoms with Crippen molar-refractivity contribution in [3.63, 3.8) is 0 Å². The largest absolute Gasteiger partial charge is 0.461 e. The van der Waals surface area contributed by atoms with E-state index in [-0.39, 0.29) is 5.82 Å². The molecule has 1 unspecified atom stereocenters. The second-order valence-corrected chi connectivity index (χ2v) is 5.31. The standard InChI is InChI=1S/C18H17FN2O2/c1-21-11-10-20-18(21)17(22)9-8-15-6-7-16(23-15)12-13-2-4-14(19)5-3-13/h2-11,17,22H,12H2,1H3. The van der Waals surface area contributed by atoms with Crippen molar-refractivity contribution >= 4 is 6.08 Å². The van der Waals surface area contributed by atoms with Gasteiger partial charge in [-0.3, -0.25) is 0 Å². The normalized spacial score (nSPS) is 12.8. The van der Waals surface area contributed by atoms with Crippen molar-refractivity contribution in [2.24, 2.45) is 7.05 Å². The zero-order chi connectivity index (χ0) is 16.2. The summed E-state index contributed by atoms with van der Waals surface area (Å²) in [6.45, 7) is 0. The molecule has 0 radical (unpaired) electrons. The van der Waals surface area contributed by atoms with Gasteiger partial charge in [-0.15, -0.1) is 0 Å². The molecule has 2 aromatic heterocycles. The van der Waals surface area contributed by atoms with Gasteiger partial charge in [0.05, 0.1) is 0 Å². The van der Waals surface area contributed by atoms with Crippen LogP contribution in [0, 0.1) is 5.82 Å². The van der Waals surface area contributed by atoms with Crippen LogP contribution in [0.5, 0.6) is 0 Å². The maximum absolute atomic E-state index is 12.9. The van der Waals surface area contributed by atoms with Crippen LogP contribution in [0.4, 0.5) is 4.39 Å². The minimum Gasteiger partial charge on any atom is -0.461 e. The van der Waals surface area contributed by atoms with Crippen LogP contribution >= 0.6 is 0 Å². The Bertz CT molecular complexity index is 803. The third-order valence-electron chi connectivity index (χ3n) is 3.54. The maximum Gasteiger partial charge on any atom is 0.141 e. The van der Waals surface area contributed by atoms with Crippen molar-refractivity contribution in [1.29, 1.82) is 0 Å². The molecule has 5 heteroatoms. The summed E-state index contributed by atoms with van der Waals surface area (Å²) in [6.07, 6.45) is 6.56. The zero-order valence-corrected chi connectivity index (χ0v) is 12.7. The van der Waals surface area contributed by atoms with E-state index in [1.165, 1.54) is 12.1 Å². The van der Waals surface area contributed by atoms with Gasteiger partial charge in [0.15, 0.2) is 0 Å². The number of furan rings is 1. The summed E-state index contributed by atoms with van der Waals surface area (Å²) in [5.41, 5.74) is 0.976. The third kappa shape index (κ3) is 3.76. The molecule has 118 valence electrons. The number of imidazole rings is 1. The molecule has 0 fully saturated rings. The quantitative estimate of drug-likeness (QED) is 0.784. The van der Waals surface area contributed by atoms with E-state index >= 15 is 0 Å². The van der Waals surface area contributed by atoms with E-state index < -0.39 is 6.10 Å². The Morgan fingerprint density at radius 2 is 2.04 bits per heavy atom. The lowest BCUT2D eigenvalue weighted by Gasteiger charge is -2.04. The number of aliphatic hydroxyl groups excluding tert-OH is 1. The van der Waals surface area contributed by atoms with Gasteiger partial charge in [0.25, 0.3) is 0 Å². The summed E-state index contributed by atoms with van der Waals surface area (Å²) in [4.78, 5) is 4.10. The summed E-state index contributed by atoms with van der Waals surface area (Å²) in [6, 6.07) is 10.0. The second kappa shape index (κ2) is 6.62. The van der Waals surface area contributed by atoms with Gasteiger partial charge < -0.3 is 14.1 Å². The van der Waals surface area contributed by atoms with E-state index in [4.69, 9.17) is 4.42 Å². The number of benzene rings is 1. The van der Waals surface area contributed by atoms with Crippen molar-refractivity contribution < 1.29 is 13.9 Å². The van der Waals surface area contributed by atoms with E-state index in [0.717, 1.165) is 11.3 Å². The fourth-order valence-corrected chi connectivity index (χ4v) is 2.32. The van der Waals surface area contributed by atoms with Crippen LogP contribution < -0.4 is 0 Å². The first-order valence-electron chi connectivity index (χ1n) is 7.28. The van der Waals surface area contributed by atoms with Gasteiger partial charge in [-0.1, -0.05) is 12.1 Å². The molecule has 0 bridgehead atoms. The highest BCUT2D eigenvalue weighted by Gasteiger charge is 2.09.